The molecule has 8 heteroatoms. The zero-order chi connectivity index (χ0) is 26.1. The van der Waals surface area contributed by atoms with E-state index in [1.165, 1.54) is 5.56 Å². The Kier molecular flexibility index (Phi) is 6.47. The largest absolute Gasteiger partial charge is 0.492 e. The number of nitrogens with one attached hydrogen (secondary N) is 1. The van der Waals surface area contributed by atoms with Gasteiger partial charge in [0.2, 0.25) is 6.79 Å². The van der Waals surface area contributed by atoms with E-state index in [4.69, 9.17) is 24.0 Å². The molecule has 6 rings (SSSR count). The van der Waals surface area contributed by atoms with E-state index in [1.54, 1.807) is 7.11 Å². The van der Waals surface area contributed by atoms with Crippen LogP contribution in [0.25, 0.3) is 33.9 Å². The lowest BCUT2D eigenvalue weighted by molar-refractivity contribution is 0.174. The molecule has 8 nitrogen and oxygen atoms in total. The molecule has 0 unspecified atom stereocenters. The molecular weight excluding hydrogens is 480 g/mol. The Labute approximate surface area is 221 Å². The van der Waals surface area contributed by atoms with Crippen LogP contribution in [0.5, 0.6) is 17.2 Å². The molecular formula is C30H30N4O4. The summed E-state index contributed by atoms with van der Waals surface area (Å²) in [6.45, 7) is 1.74. The number of aryl methyl sites for hydroxylation is 1. The maximum Gasteiger partial charge on any atom is 0.231 e. The molecule has 3 aromatic carbocycles. The molecule has 1 N–H and O–H groups in total. The van der Waals surface area contributed by atoms with E-state index in [9.17, 15) is 0 Å². The van der Waals surface area contributed by atoms with Crippen molar-refractivity contribution in [1.29, 1.82) is 0 Å². The molecule has 0 saturated heterocycles. The van der Waals surface area contributed by atoms with Crippen LogP contribution < -0.4 is 14.2 Å². The van der Waals surface area contributed by atoms with E-state index in [0.29, 0.717) is 6.61 Å². The second kappa shape index (κ2) is 10.2. The van der Waals surface area contributed by atoms with E-state index in [-0.39, 0.29) is 6.79 Å². The van der Waals surface area contributed by atoms with Crippen molar-refractivity contribution >= 4 is 5.71 Å². The Balaban J connectivity index is 1.38. The first kappa shape index (κ1) is 24.1. The van der Waals surface area contributed by atoms with Gasteiger partial charge in [0.1, 0.15) is 25.3 Å². The number of benzene rings is 3. The van der Waals surface area contributed by atoms with Crippen LogP contribution in [-0.2, 0) is 11.3 Å². The zero-order valence-electron chi connectivity index (χ0n) is 21.8. The van der Waals surface area contributed by atoms with Crippen LogP contribution in [0.2, 0.25) is 0 Å². The minimum atomic E-state index is 0.235. The van der Waals surface area contributed by atoms with Gasteiger partial charge in [-0.25, -0.2) is 4.98 Å². The summed E-state index contributed by atoms with van der Waals surface area (Å²) in [5, 5.41) is 4.20. The van der Waals surface area contributed by atoms with Gasteiger partial charge in [0.05, 0.1) is 17.1 Å². The van der Waals surface area contributed by atoms with Crippen LogP contribution in [0.3, 0.4) is 0 Å². The number of oxime groups is 1. The minimum absolute atomic E-state index is 0.235. The standard InChI is InChI=1S/C30H30N4O4/c1-34(2)14-15-36-23-9-4-19(5-10-23)30-31-28(21-6-11-24-20(16-21)7-12-25(24)33-35-3)29(32-30)22-8-13-26-27(17-22)38-18-37-26/h4-6,8-11,13,16-17H,7,12,14-15,18H2,1-3H3,(H,31,32). The highest BCUT2D eigenvalue weighted by Crippen LogP contribution is 2.40. The van der Waals surface area contributed by atoms with Gasteiger partial charge in [-0.1, -0.05) is 17.3 Å². The number of aromatic nitrogens is 2. The normalized spacial score (nSPS) is 14.8. The van der Waals surface area contributed by atoms with Crippen molar-refractivity contribution in [1.82, 2.24) is 14.9 Å². The Morgan fingerprint density at radius 1 is 0.921 bits per heavy atom. The topological polar surface area (TPSA) is 81.2 Å². The van der Waals surface area contributed by atoms with Gasteiger partial charge in [0, 0.05) is 28.8 Å². The second-order valence-electron chi connectivity index (χ2n) is 9.65. The molecule has 0 amide bonds. The number of nitrogens with zero attached hydrogens (tertiary/aromatic N) is 3. The summed E-state index contributed by atoms with van der Waals surface area (Å²) in [5.41, 5.74) is 8.18. The average molecular weight is 511 g/mol. The second-order valence-corrected chi connectivity index (χ2v) is 9.65. The summed E-state index contributed by atoms with van der Waals surface area (Å²) in [5.74, 6) is 3.11. The van der Waals surface area contributed by atoms with Gasteiger partial charge in [0.25, 0.3) is 0 Å². The number of ether oxygens (including phenoxy) is 3. The Hall–Kier alpha value is -4.30. The first-order valence-electron chi connectivity index (χ1n) is 12.7. The van der Waals surface area contributed by atoms with Crippen molar-refractivity contribution < 1.29 is 19.0 Å². The lowest BCUT2D eigenvalue weighted by atomic mass is 10.0. The zero-order valence-corrected chi connectivity index (χ0v) is 21.8. The molecule has 194 valence electrons. The van der Waals surface area contributed by atoms with Crippen LogP contribution in [0.4, 0.5) is 0 Å². The number of fused-ring (bicyclic) bond motifs is 2. The highest BCUT2D eigenvalue weighted by atomic mass is 16.7. The molecule has 0 spiro atoms. The van der Waals surface area contributed by atoms with E-state index in [1.807, 2.05) is 56.6 Å². The molecule has 38 heavy (non-hydrogen) atoms. The highest BCUT2D eigenvalue weighted by Gasteiger charge is 2.23. The molecule has 1 aromatic heterocycles. The van der Waals surface area contributed by atoms with Crippen LogP contribution in [0.1, 0.15) is 17.5 Å². The molecule has 0 atom stereocenters. The number of likely N-dealkylation sites (N-methyl/N-ethyl adjacent to an activating group) is 1. The van der Waals surface area contributed by atoms with E-state index < -0.39 is 0 Å². The summed E-state index contributed by atoms with van der Waals surface area (Å²) < 4.78 is 17.1. The van der Waals surface area contributed by atoms with Crippen LogP contribution >= 0.6 is 0 Å². The highest BCUT2D eigenvalue weighted by molar-refractivity contribution is 6.04. The van der Waals surface area contributed by atoms with Crippen LogP contribution in [0, 0.1) is 0 Å². The summed E-state index contributed by atoms with van der Waals surface area (Å²) in [4.78, 5) is 15.8. The third-order valence-corrected chi connectivity index (χ3v) is 6.82. The molecule has 2 heterocycles. The van der Waals surface area contributed by atoms with Crippen molar-refractivity contribution in [2.75, 3.05) is 41.1 Å². The summed E-state index contributed by atoms with van der Waals surface area (Å²) in [6.07, 6.45) is 1.80. The van der Waals surface area contributed by atoms with Gasteiger partial charge in [-0.2, -0.15) is 0 Å². The molecule has 1 aliphatic carbocycles. The molecule has 0 radical (unpaired) electrons. The molecule has 1 aliphatic heterocycles. The van der Waals surface area contributed by atoms with Crippen molar-refractivity contribution in [2.24, 2.45) is 5.16 Å². The summed E-state index contributed by atoms with van der Waals surface area (Å²) >= 11 is 0. The van der Waals surface area contributed by atoms with Gasteiger partial charge >= 0.3 is 0 Å². The fourth-order valence-electron chi connectivity index (χ4n) is 4.86. The Morgan fingerprint density at radius 3 is 2.53 bits per heavy atom. The maximum atomic E-state index is 5.87. The molecule has 2 aliphatic rings. The van der Waals surface area contributed by atoms with Gasteiger partial charge in [-0.15, -0.1) is 0 Å². The van der Waals surface area contributed by atoms with Gasteiger partial charge in [0.15, 0.2) is 11.5 Å². The number of hydrogen-bond donors (Lipinski definition) is 1. The number of hydrogen-bond acceptors (Lipinski definition) is 7. The number of aromatic amines is 1. The third-order valence-electron chi connectivity index (χ3n) is 6.82. The minimum Gasteiger partial charge on any atom is -0.492 e. The maximum absolute atomic E-state index is 5.87. The lowest BCUT2D eigenvalue weighted by Gasteiger charge is -2.11. The van der Waals surface area contributed by atoms with Crippen molar-refractivity contribution in [2.45, 2.75) is 12.8 Å². The van der Waals surface area contributed by atoms with Crippen molar-refractivity contribution in [3.05, 3.63) is 71.8 Å². The predicted octanol–water partition coefficient (Wildman–Crippen LogP) is 5.38. The molecule has 0 saturated carbocycles. The number of imidazole rings is 1. The number of rotatable bonds is 8. The number of H-pyrrole nitrogens is 1. The lowest BCUT2D eigenvalue weighted by Crippen LogP contribution is -2.19. The summed E-state index contributed by atoms with van der Waals surface area (Å²) in [6, 6.07) is 20.5. The Morgan fingerprint density at radius 2 is 1.71 bits per heavy atom. The smallest absolute Gasteiger partial charge is 0.231 e. The van der Waals surface area contributed by atoms with Crippen LogP contribution in [0.15, 0.2) is 65.8 Å². The fourth-order valence-corrected chi connectivity index (χ4v) is 4.86. The molecule has 0 fully saturated rings. The SMILES string of the molecule is CON=C1CCc2cc(-c3nc(-c4ccc(OCCN(C)C)cc4)[nH]c3-c3ccc4c(c3)OCO4)ccc21. The predicted molar refractivity (Wildman–Crippen MR) is 147 cm³/mol. The van der Waals surface area contributed by atoms with E-state index in [0.717, 1.165) is 81.8 Å². The van der Waals surface area contributed by atoms with E-state index >= 15 is 0 Å². The van der Waals surface area contributed by atoms with Crippen molar-refractivity contribution in [3.63, 3.8) is 0 Å². The summed E-state index contributed by atoms with van der Waals surface area (Å²) in [7, 11) is 5.66. The molecule has 0 bridgehead atoms. The fraction of sp³-hybridized carbons (Fsp3) is 0.267. The van der Waals surface area contributed by atoms with Crippen LogP contribution in [-0.4, -0.2) is 61.7 Å². The first-order chi connectivity index (χ1) is 18.6. The monoisotopic (exact) mass is 510 g/mol. The van der Waals surface area contributed by atoms with Gasteiger partial charge in [-0.3, -0.25) is 0 Å². The first-order valence-corrected chi connectivity index (χ1v) is 12.7. The van der Waals surface area contributed by atoms with E-state index in [2.05, 4.69) is 33.2 Å². The third kappa shape index (κ3) is 4.70. The van der Waals surface area contributed by atoms with Gasteiger partial charge < -0.3 is 28.9 Å². The quantitative estimate of drug-likeness (QED) is 0.321. The van der Waals surface area contributed by atoms with Crippen molar-refractivity contribution in [3.8, 4) is 51.2 Å². The van der Waals surface area contributed by atoms with Gasteiger partial charge in [-0.05, 0) is 81.0 Å². The molecule has 4 aromatic rings. The Bertz CT molecular complexity index is 1490. The average Bonchev–Trinajstić information content (AvgIpc) is 3.67.